The Morgan fingerprint density at radius 3 is 1.32 bits per heavy atom. The Morgan fingerprint density at radius 2 is 0.886 bits per heavy atom. The summed E-state index contributed by atoms with van der Waals surface area (Å²) in [5.41, 5.74) is 0. The van der Waals surface area contributed by atoms with E-state index in [9.17, 15) is 15.0 Å². The van der Waals surface area contributed by atoms with E-state index in [1.807, 2.05) is 6.08 Å². The minimum Gasteiger partial charge on any atom is -0.394 e. The summed E-state index contributed by atoms with van der Waals surface area (Å²) in [6.07, 6.45) is 45.7. The molecule has 0 heterocycles. The molecule has 0 unspecified atom stereocenters. The Hall–Kier alpha value is -1.13. The first-order chi connectivity index (χ1) is 21.7. The third-order valence-corrected chi connectivity index (χ3v) is 8.94. The summed E-state index contributed by atoms with van der Waals surface area (Å²) in [7, 11) is 0. The van der Waals surface area contributed by atoms with Crippen molar-refractivity contribution in [1.82, 2.24) is 5.32 Å². The highest BCUT2D eigenvalue weighted by Crippen LogP contribution is 2.15. The summed E-state index contributed by atoms with van der Waals surface area (Å²) in [6, 6.07) is -0.632. The molecule has 0 rings (SSSR count). The number of allylic oxidation sites excluding steroid dienone is 3. The topological polar surface area (TPSA) is 69.6 Å². The van der Waals surface area contributed by atoms with Crippen molar-refractivity contribution in [3.8, 4) is 0 Å². The van der Waals surface area contributed by atoms with Crippen LogP contribution in [0.15, 0.2) is 24.3 Å². The number of carbonyl (C=O) groups excluding carboxylic acids is 1. The number of amides is 1. The highest BCUT2D eigenvalue weighted by atomic mass is 16.3. The lowest BCUT2D eigenvalue weighted by Crippen LogP contribution is -2.45. The van der Waals surface area contributed by atoms with Gasteiger partial charge in [0.2, 0.25) is 5.91 Å². The highest BCUT2D eigenvalue weighted by molar-refractivity contribution is 5.76. The van der Waals surface area contributed by atoms with Gasteiger partial charge in [-0.15, -0.1) is 0 Å². The van der Waals surface area contributed by atoms with Crippen LogP contribution in [-0.2, 0) is 4.79 Å². The first kappa shape index (κ1) is 42.9. The summed E-state index contributed by atoms with van der Waals surface area (Å²) in [5.74, 6) is -0.0735. The van der Waals surface area contributed by atoms with Crippen molar-refractivity contribution in [3.05, 3.63) is 24.3 Å². The van der Waals surface area contributed by atoms with Crippen molar-refractivity contribution in [3.63, 3.8) is 0 Å². The standard InChI is InChI=1S/C40H77NO3/c1-3-5-7-9-11-13-15-16-17-18-19-20-21-22-23-24-25-26-28-30-32-34-36-40(44)41-38(37-42)39(43)35-33-31-29-27-14-12-10-8-6-4-2/h14,27,33,35,38-39,42-43H,3-13,15-26,28-32,34,36-37H2,1-2H3,(H,41,44)/b27-14+,35-33+/t38-,39+/m0/s1. The van der Waals surface area contributed by atoms with Crippen LogP contribution in [0, 0.1) is 0 Å². The summed E-state index contributed by atoms with van der Waals surface area (Å²) >= 11 is 0. The second kappa shape index (κ2) is 36.3. The molecular formula is C40H77NO3. The monoisotopic (exact) mass is 620 g/mol. The van der Waals surface area contributed by atoms with Crippen LogP contribution < -0.4 is 5.32 Å². The highest BCUT2D eigenvalue weighted by Gasteiger charge is 2.17. The molecule has 0 aromatic rings. The number of aliphatic hydroxyl groups excluding tert-OH is 2. The molecule has 3 N–H and O–H groups in total. The zero-order valence-corrected chi connectivity index (χ0v) is 29.7. The minimum absolute atomic E-state index is 0.0735. The molecule has 0 aromatic heterocycles. The van der Waals surface area contributed by atoms with Crippen molar-refractivity contribution in [2.75, 3.05) is 6.61 Å². The molecule has 0 aliphatic carbocycles. The lowest BCUT2D eigenvalue weighted by molar-refractivity contribution is -0.123. The van der Waals surface area contributed by atoms with Crippen LogP contribution >= 0.6 is 0 Å². The fourth-order valence-electron chi connectivity index (χ4n) is 5.90. The van der Waals surface area contributed by atoms with Gasteiger partial charge in [-0.1, -0.05) is 192 Å². The van der Waals surface area contributed by atoms with E-state index < -0.39 is 12.1 Å². The summed E-state index contributed by atoms with van der Waals surface area (Å²) < 4.78 is 0. The number of carbonyl (C=O) groups is 1. The van der Waals surface area contributed by atoms with Crippen molar-refractivity contribution in [2.24, 2.45) is 0 Å². The Labute approximate surface area is 275 Å². The van der Waals surface area contributed by atoms with Gasteiger partial charge in [0.15, 0.2) is 0 Å². The third-order valence-electron chi connectivity index (χ3n) is 8.94. The second-order valence-electron chi connectivity index (χ2n) is 13.3. The number of aliphatic hydroxyl groups is 2. The molecule has 4 nitrogen and oxygen atoms in total. The maximum atomic E-state index is 12.3. The molecular weight excluding hydrogens is 542 g/mol. The molecule has 0 fully saturated rings. The number of hydrogen-bond donors (Lipinski definition) is 3. The van der Waals surface area contributed by atoms with Crippen LogP contribution in [0.5, 0.6) is 0 Å². The van der Waals surface area contributed by atoms with Gasteiger partial charge in [0, 0.05) is 6.42 Å². The van der Waals surface area contributed by atoms with Crippen LogP contribution in [0.25, 0.3) is 0 Å². The smallest absolute Gasteiger partial charge is 0.220 e. The Kier molecular flexibility index (Phi) is 35.4. The molecule has 2 atom stereocenters. The van der Waals surface area contributed by atoms with Crippen LogP contribution in [0.1, 0.15) is 206 Å². The molecule has 0 radical (unpaired) electrons. The average Bonchev–Trinajstić information content (AvgIpc) is 3.03. The SMILES string of the molecule is CCCCCC/C=C/CC/C=C/[C@@H](O)[C@H](CO)NC(=O)CCCCCCCCCCCCCCCCCCCCCCCC. The van der Waals surface area contributed by atoms with Gasteiger partial charge in [0.1, 0.15) is 0 Å². The number of hydrogen-bond acceptors (Lipinski definition) is 3. The second-order valence-corrected chi connectivity index (χ2v) is 13.3. The first-order valence-corrected chi connectivity index (χ1v) is 19.6. The van der Waals surface area contributed by atoms with Gasteiger partial charge in [-0.05, 0) is 32.1 Å². The van der Waals surface area contributed by atoms with Crippen LogP contribution in [0.2, 0.25) is 0 Å². The molecule has 0 aliphatic rings. The molecule has 0 spiro atoms. The summed E-state index contributed by atoms with van der Waals surface area (Å²) in [6.45, 7) is 4.26. The Morgan fingerprint density at radius 1 is 0.523 bits per heavy atom. The fraction of sp³-hybridized carbons (Fsp3) is 0.875. The van der Waals surface area contributed by atoms with Crippen molar-refractivity contribution in [1.29, 1.82) is 0 Å². The molecule has 44 heavy (non-hydrogen) atoms. The van der Waals surface area contributed by atoms with E-state index in [-0.39, 0.29) is 12.5 Å². The van der Waals surface area contributed by atoms with E-state index in [0.29, 0.717) is 6.42 Å². The van der Waals surface area contributed by atoms with Crippen molar-refractivity contribution in [2.45, 2.75) is 219 Å². The van der Waals surface area contributed by atoms with Crippen molar-refractivity contribution < 1.29 is 15.0 Å². The van der Waals surface area contributed by atoms with Gasteiger partial charge in [0.25, 0.3) is 0 Å². The lowest BCUT2D eigenvalue weighted by Gasteiger charge is -2.19. The fourth-order valence-corrected chi connectivity index (χ4v) is 5.90. The minimum atomic E-state index is -0.855. The molecule has 0 saturated carbocycles. The Bertz CT molecular complexity index is 632. The van der Waals surface area contributed by atoms with Gasteiger partial charge < -0.3 is 15.5 Å². The zero-order valence-electron chi connectivity index (χ0n) is 29.7. The number of unbranched alkanes of at least 4 members (excludes halogenated alkanes) is 26. The molecule has 4 heteroatoms. The lowest BCUT2D eigenvalue weighted by atomic mass is 10.0. The molecule has 0 saturated heterocycles. The number of rotatable bonds is 35. The molecule has 0 aliphatic heterocycles. The maximum Gasteiger partial charge on any atom is 0.220 e. The predicted octanol–water partition coefficient (Wildman–Crippen LogP) is 11.7. The van der Waals surface area contributed by atoms with Gasteiger partial charge in [-0.2, -0.15) is 0 Å². The van der Waals surface area contributed by atoms with E-state index in [1.165, 1.54) is 154 Å². The van der Waals surface area contributed by atoms with E-state index >= 15 is 0 Å². The quantitative estimate of drug-likeness (QED) is 0.0488. The van der Waals surface area contributed by atoms with Gasteiger partial charge in [-0.25, -0.2) is 0 Å². The average molecular weight is 620 g/mol. The van der Waals surface area contributed by atoms with E-state index in [2.05, 4.69) is 31.3 Å². The normalized spacial score (nSPS) is 13.3. The van der Waals surface area contributed by atoms with E-state index in [4.69, 9.17) is 0 Å². The number of nitrogens with one attached hydrogen (secondary N) is 1. The summed E-state index contributed by atoms with van der Waals surface area (Å²) in [5, 5.41) is 22.8. The molecule has 0 aromatic carbocycles. The van der Waals surface area contributed by atoms with Crippen molar-refractivity contribution >= 4 is 5.91 Å². The first-order valence-electron chi connectivity index (χ1n) is 19.6. The Balaban J connectivity index is 3.51. The summed E-state index contributed by atoms with van der Waals surface area (Å²) in [4.78, 5) is 12.3. The molecule has 260 valence electrons. The zero-order chi connectivity index (χ0) is 32.2. The largest absolute Gasteiger partial charge is 0.394 e. The predicted molar refractivity (Wildman–Crippen MR) is 193 cm³/mol. The van der Waals surface area contributed by atoms with E-state index in [1.54, 1.807) is 6.08 Å². The van der Waals surface area contributed by atoms with Gasteiger partial charge in [-0.3, -0.25) is 4.79 Å². The van der Waals surface area contributed by atoms with Gasteiger partial charge >= 0.3 is 0 Å². The maximum absolute atomic E-state index is 12.3. The van der Waals surface area contributed by atoms with E-state index in [0.717, 1.165) is 32.1 Å². The van der Waals surface area contributed by atoms with Crippen LogP contribution in [-0.4, -0.2) is 34.9 Å². The molecule has 0 bridgehead atoms. The molecule has 1 amide bonds. The third kappa shape index (κ3) is 32.3. The van der Waals surface area contributed by atoms with Crippen LogP contribution in [0.3, 0.4) is 0 Å². The van der Waals surface area contributed by atoms with Gasteiger partial charge in [0.05, 0.1) is 18.8 Å². The van der Waals surface area contributed by atoms with Crippen LogP contribution in [0.4, 0.5) is 0 Å².